The zero-order valence-electron chi connectivity index (χ0n) is 8.94. The Labute approximate surface area is 99.5 Å². The van der Waals surface area contributed by atoms with E-state index in [2.05, 4.69) is 4.98 Å². The maximum atomic E-state index is 9.06. The number of nitrogens with zero attached hydrogens (tertiary/aromatic N) is 1. The molecule has 0 aliphatic rings. The smallest absolute Gasteiger partial charge is 0.0705 e. The topological polar surface area (TPSA) is 33.1 Å². The zero-order chi connectivity index (χ0) is 11.5. The van der Waals surface area contributed by atoms with Crippen LogP contribution < -0.4 is 0 Å². The van der Waals surface area contributed by atoms with Crippen LogP contribution in [0.25, 0.3) is 11.3 Å². The first kappa shape index (κ1) is 11.1. The van der Waals surface area contributed by atoms with E-state index in [0.29, 0.717) is 5.02 Å². The zero-order valence-corrected chi connectivity index (χ0v) is 9.70. The van der Waals surface area contributed by atoms with Crippen molar-refractivity contribution >= 4 is 11.6 Å². The van der Waals surface area contributed by atoms with Gasteiger partial charge in [-0.2, -0.15) is 0 Å². The maximum absolute atomic E-state index is 9.06. The summed E-state index contributed by atoms with van der Waals surface area (Å²) in [6.07, 6.45) is 0. The van der Waals surface area contributed by atoms with Crippen LogP contribution in [0.5, 0.6) is 0 Å². The summed E-state index contributed by atoms with van der Waals surface area (Å²) >= 11 is 5.82. The summed E-state index contributed by atoms with van der Waals surface area (Å²) < 4.78 is 0. The number of benzene rings is 1. The SMILES string of the molecule is Cc1nc(-c2ccc(Cl)cc2)ccc1CO. The Bertz CT molecular complexity index is 494. The highest BCUT2D eigenvalue weighted by atomic mass is 35.5. The first-order valence-corrected chi connectivity index (χ1v) is 5.42. The lowest BCUT2D eigenvalue weighted by Gasteiger charge is -2.05. The molecule has 1 aromatic heterocycles. The minimum absolute atomic E-state index is 0.0275. The molecule has 1 aromatic carbocycles. The van der Waals surface area contributed by atoms with Crippen molar-refractivity contribution < 1.29 is 5.11 Å². The van der Waals surface area contributed by atoms with Gasteiger partial charge in [0.2, 0.25) is 0 Å². The third kappa shape index (κ3) is 2.23. The standard InChI is InChI=1S/C13H12ClNO/c1-9-11(8-16)4-7-13(15-9)10-2-5-12(14)6-3-10/h2-7,16H,8H2,1H3. The van der Waals surface area contributed by atoms with Crippen molar-refractivity contribution in [1.82, 2.24) is 4.98 Å². The van der Waals surface area contributed by atoms with Crippen molar-refractivity contribution in [2.45, 2.75) is 13.5 Å². The molecular weight excluding hydrogens is 222 g/mol. The van der Waals surface area contributed by atoms with E-state index < -0.39 is 0 Å². The fraction of sp³-hybridized carbons (Fsp3) is 0.154. The van der Waals surface area contributed by atoms with Gasteiger partial charge >= 0.3 is 0 Å². The maximum Gasteiger partial charge on any atom is 0.0705 e. The van der Waals surface area contributed by atoms with Gasteiger partial charge in [0.1, 0.15) is 0 Å². The fourth-order valence-electron chi connectivity index (χ4n) is 1.54. The highest BCUT2D eigenvalue weighted by Gasteiger charge is 2.03. The second kappa shape index (κ2) is 4.64. The molecule has 2 rings (SSSR count). The Hall–Kier alpha value is -1.38. The summed E-state index contributed by atoms with van der Waals surface area (Å²) in [7, 11) is 0. The largest absolute Gasteiger partial charge is 0.392 e. The molecule has 0 amide bonds. The molecular formula is C13H12ClNO. The third-order valence-electron chi connectivity index (χ3n) is 2.51. The number of aromatic nitrogens is 1. The summed E-state index contributed by atoms with van der Waals surface area (Å²) in [5.74, 6) is 0. The second-order valence-corrected chi connectivity index (χ2v) is 4.04. The molecule has 0 atom stereocenters. The fourth-order valence-corrected chi connectivity index (χ4v) is 1.66. The van der Waals surface area contributed by atoms with Crippen LogP contribution in [0.15, 0.2) is 36.4 Å². The van der Waals surface area contributed by atoms with Crippen molar-refractivity contribution in [3.63, 3.8) is 0 Å². The molecule has 0 bridgehead atoms. The highest BCUT2D eigenvalue weighted by Crippen LogP contribution is 2.21. The van der Waals surface area contributed by atoms with Gasteiger partial charge in [-0.3, -0.25) is 4.98 Å². The molecule has 0 unspecified atom stereocenters. The molecule has 3 heteroatoms. The van der Waals surface area contributed by atoms with Gasteiger partial charge in [0.15, 0.2) is 0 Å². The summed E-state index contributed by atoms with van der Waals surface area (Å²) in [6, 6.07) is 11.3. The molecule has 1 N–H and O–H groups in total. The highest BCUT2D eigenvalue weighted by molar-refractivity contribution is 6.30. The number of rotatable bonds is 2. The van der Waals surface area contributed by atoms with E-state index in [1.54, 1.807) is 0 Å². The van der Waals surface area contributed by atoms with E-state index in [1.807, 2.05) is 43.3 Å². The predicted molar refractivity (Wildman–Crippen MR) is 65.3 cm³/mol. The van der Waals surface area contributed by atoms with E-state index in [0.717, 1.165) is 22.5 Å². The Balaban J connectivity index is 2.41. The summed E-state index contributed by atoms with van der Waals surface area (Å²) in [5.41, 5.74) is 3.64. The summed E-state index contributed by atoms with van der Waals surface area (Å²) in [6.45, 7) is 1.92. The van der Waals surface area contributed by atoms with E-state index >= 15 is 0 Å². The molecule has 0 saturated heterocycles. The van der Waals surface area contributed by atoms with Gasteiger partial charge in [-0.05, 0) is 30.7 Å². The van der Waals surface area contributed by atoms with Gasteiger partial charge in [0.05, 0.1) is 12.3 Å². The van der Waals surface area contributed by atoms with Gasteiger partial charge in [-0.1, -0.05) is 29.8 Å². The second-order valence-electron chi connectivity index (χ2n) is 3.61. The number of aliphatic hydroxyl groups excluding tert-OH is 1. The quantitative estimate of drug-likeness (QED) is 0.864. The van der Waals surface area contributed by atoms with Crippen molar-refractivity contribution in [1.29, 1.82) is 0 Å². The van der Waals surface area contributed by atoms with E-state index in [4.69, 9.17) is 16.7 Å². The number of halogens is 1. The first-order chi connectivity index (χ1) is 7.70. The minimum atomic E-state index is 0.0275. The van der Waals surface area contributed by atoms with Crippen LogP contribution in [0.3, 0.4) is 0 Å². The lowest BCUT2D eigenvalue weighted by atomic mass is 10.1. The molecule has 2 aromatic rings. The molecule has 0 fully saturated rings. The van der Waals surface area contributed by atoms with Gasteiger partial charge in [0, 0.05) is 16.3 Å². The monoisotopic (exact) mass is 233 g/mol. The van der Waals surface area contributed by atoms with E-state index in [1.165, 1.54) is 0 Å². The third-order valence-corrected chi connectivity index (χ3v) is 2.76. The van der Waals surface area contributed by atoms with E-state index in [-0.39, 0.29) is 6.61 Å². The number of hydrogen-bond donors (Lipinski definition) is 1. The van der Waals surface area contributed by atoms with Crippen LogP contribution >= 0.6 is 11.6 Å². The van der Waals surface area contributed by atoms with Crippen molar-refractivity contribution in [3.05, 3.63) is 52.7 Å². The van der Waals surface area contributed by atoms with Crippen LogP contribution in [-0.2, 0) is 6.61 Å². The lowest BCUT2D eigenvalue weighted by molar-refractivity contribution is 0.280. The molecule has 0 aliphatic carbocycles. The Morgan fingerprint density at radius 2 is 1.81 bits per heavy atom. The molecule has 0 aliphatic heterocycles. The average Bonchev–Trinajstić information content (AvgIpc) is 2.30. The molecule has 0 saturated carbocycles. The molecule has 82 valence electrons. The number of aliphatic hydroxyl groups is 1. The number of aryl methyl sites for hydroxylation is 1. The predicted octanol–water partition coefficient (Wildman–Crippen LogP) is 3.20. The molecule has 0 spiro atoms. The van der Waals surface area contributed by atoms with Gasteiger partial charge in [-0.15, -0.1) is 0 Å². The summed E-state index contributed by atoms with van der Waals surface area (Å²) in [5, 5.41) is 9.77. The van der Waals surface area contributed by atoms with Crippen molar-refractivity contribution in [2.75, 3.05) is 0 Å². The normalized spacial score (nSPS) is 10.4. The Morgan fingerprint density at radius 1 is 1.12 bits per heavy atom. The Kier molecular flexibility index (Phi) is 3.22. The minimum Gasteiger partial charge on any atom is -0.392 e. The average molecular weight is 234 g/mol. The summed E-state index contributed by atoms with van der Waals surface area (Å²) in [4.78, 5) is 4.44. The molecule has 2 nitrogen and oxygen atoms in total. The van der Waals surface area contributed by atoms with Gasteiger partial charge in [-0.25, -0.2) is 0 Å². The van der Waals surface area contributed by atoms with Crippen LogP contribution in [-0.4, -0.2) is 10.1 Å². The Morgan fingerprint density at radius 3 is 2.38 bits per heavy atom. The molecule has 16 heavy (non-hydrogen) atoms. The van der Waals surface area contributed by atoms with Crippen molar-refractivity contribution in [2.24, 2.45) is 0 Å². The lowest BCUT2D eigenvalue weighted by Crippen LogP contribution is -1.94. The van der Waals surface area contributed by atoms with Gasteiger partial charge in [0.25, 0.3) is 0 Å². The first-order valence-electron chi connectivity index (χ1n) is 5.04. The molecule has 1 heterocycles. The van der Waals surface area contributed by atoms with Crippen LogP contribution in [0.4, 0.5) is 0 Å². The molecule has 0 radical (unpaired) electrons. The van der Waals surface area contributed by atoms with Gasteiger partial charge < -0.3 is 5.11 Å². The van der Waals surface area contributed by atoms with Crippen LogP contribution in [0.1, 0.15) is 11.3 Å². The van der Waals surface area contributed by atoms with Crippen molar-refractivity contribution in [3.8, 4) is 11.3 Å². The van der Waals surface area contributed by atoms with E-state index in [9.17, 15) is 0 Å². The van der Waals surface area contributed by atoms with Crippen LogP contribution in [0.2, 0.25) is 5.02 Å². The number of pyridine rings is 1. The number of hydrogen-bond acceptors (Lipinski definition) is 2. The van der Waals surface area contributed by atoms with Crippen LogP contribution in [0, 0.1) is 6.92 Å².